The van der Waals surface area contributed by atoms with E-state index in [1.165, 1.54) is 17.7 Å². The van der Waals surface area contributed by atoms with Gasteiger partial charge in [0.05, 0.1) is 7.11 Å². The zero-order valence-electron chi connectivity index (χ0n) is 14.4. The Labute approximate surface area is 154 Å². The Morgan fingerprint density at radius 1 is 1.16 bits per heavy atom. The van der Waals surface area contributed by atoms with Gasteiger partial charge in [-0.05, 0) is 56.2 Å². The number of imidazole rings is 1. The third-order valence-electron chi connectivity index (χ3n) is 4.69. The Balaban J connectivity index is 1.98. The summed E-state index contributed by atoms with van der Waals surface area (Å²) in [6.07, 6.45) is 7.38. The fraction of sp³-hybridized carbons (Fsp3) is 0.368. The summed E-state index contributed by atoms with van der Waals surface area (Å²) in [7, 11) is 1.66. The summed E-state index contributed by atoms with van der Waals surface area (Å²) < 4.78 is 7.37. The zero-order valence-corrected chi connectivity index (χ0v) is 16.0. The van der Waals surface area contributed by atoms with Crippen LogP contribution < -0.4 is 10.2 Å². The number of hydrogen-bond acceptors (Lipinski definition) is 5. The number of nitrogens with zero attached hydrogens (tertiary/aromatic N) is 2. The van der Waals surface area contributed by atoms with Crippen LogP contribution in [-0.2, 0) is 12.8 Å². The molecule has 130 valence electrons. The van der Waals surface area contributed by atoms with Gasteiger partial charge in [-0.2, -0.15) is 0 Å². The first-order valence-electron chi connectivity index (χ1n) is 8.48. The molecule has 4 rings (SSSR count). The lowest BCUT2D eigenvalue weighted by Crippen LogP contribution is -2.11. The molecule has 1 aliphatic rings. The highest BCUT2D eigenvalue weighted by atomic mass is 32.2. The maximum atomic E-state index is 13.0. The molecule has 0 saturated heterocycles. The predicted octanol–water partition coefficient (Wildman–Crippen LogP) is 4.45. The topological polar surface area (TPSA) is 44.1 Å². The minimum Gasteiger partial charge on any atom is -0.497 e. The van der Waals surface area contributed by atoms with Crippen molar-refractivity contribution < 1.29 is 4.74 Å². The lowest BCUT2D eigenvalue weighted by atomic mass is 10.1. The van der Waals surface area contributed by atoms with E-state index in [9.17, 15) is 4.79 Å². The van der Waals surface area contributed by atoms with Crippen molar-refractivity contribution in [1.29, 1.82) is 0 Å². The number of rotatable bonds is 3. The number of thioether (sulfide) groups is 1. The zero-order chi connectivity index (χ0) is 17.4. The van der Waals surface area contributed by atoms with Crippen LogP contribution in [0.3, 0.4) is 0 Å². The molecule has 0 bridgehead atoms. The normalized spacial score (nSPS) is 14.3. The van der Waals surface area contributed by atoms with Crippen LogP contribution in [0, 0.1) is 0 Å². The van der Waals surface area contributed by atoms with Crippen LogP contribution in [-0.4, -0.2) is 22.9 Å². The molecule has 2 aromatic heterocycles. The van der Waals surface area contributed by atoms with Gasteiger partial charge in [0.15, 0.2) is 5.16 Å². The van der Waals surface area contributed by atoms with Crippen molar-refractivity contribution in [2.75, 3.05) is 13.4 Å². The van der Waals surface area contributed by atoms with E-state index < -0.39 is 0 Å². The Bertz CT molecular complexity index is 974. The first-order chi connectivity index (χ1) is 12.2. The molecule has 1 aromatic carbocycles. The second kappa shape index (κ2) is 6.84. The average molecular weight is 373 g/mol. The van der Waals surface area contributed by atoms with Gasteiger partial charge in [-0.1, -0.05) is 18.2 Å². The summed E-state index contributed by atoms with van der Waals surface area (Å²) >= 11 is 3.31. The Morgan fingerprint density at radius 2 is 1.92 bits per heavy atom. The van der Waals surface area contributed by atoms with Gasteiger partial charge in [-0.25, -0.2) is 4.98 Å². The van der Waals surface area contributed by atoms with E-state index in [0.29, 0.717) is 5.52 Å². The Morgan fingerprint density at radius 3 is 2.64 bits per heavy atom. The number of hydrogen-bond donors (Lipinski definition) is 0. The largest absolute Gasteiger partial charge is 0.497 e. The second-order valence-electron chi connectivity index (χ2n) is 6.18. The molecule has 2 heterocycles. The monoisotopic (exact) mass is 372 g/mol. The number of fused-ring (bicyclic) bond motifs is 2. The highest BCUT2D eigenvalue weighted by Crippen LogP contribution is 2.33. The number of aryl methyl sites for hydroxylation is 1. The van der Waals surface area contributed by atoms with E-state index in [1.807, 2.05) is 30.5 Å². The van der Waals surface area contributed by atoms with Crippen molar-refractivity contribution >= 4 is 33.4 Å². The van der Waals surface area contributed by atoms with Crippen molar-refractivity contribution in [3.05, 3.63) is 44.9 Å². The summed E-state index contributed by atoms with van der Waals surface area (Å²) in [6, 6.07) is 7.92. The molecule has 6 heteroatoms. The van der Waals surface area contributed by atoms with Gasteiger partial charge < -0.3 is 4.74 Å². The van der Waals surface area contributed by atoms with E-state index in [2.05, 4.69) is 9.55 Å². The molecule has 0 spiro atoms. The van der Waals surface area contributed by atoms with Gasteiger partial charge in [0.2, 0.25) is 5.43 Å². The number of benzene rings is 1. The fourth-order valence-corrected chi connectivity index (χ4v) is 5.33. The molecule has 0 N–H and O–H groups in total. The predicted molar refractivity (Wildman–Crippen MR) is 105 cm³/mol. The van der Waals surface area contributed by atoms with E-state index in [1.54, 1.807) is 30.2 Å². The molecule has 0 radical (unpaired) electrons. The number of aromatic nitrogens is 2. The molecule has 1 aliphatic carbocycles. The van der Waals surface area contributed by atoms with Crippen LogP contribution in [0.1, 0.15) is 29.7 Å². The molecule has 0 amide bonds. The van der Waals surface area contributed by atoms with Crippen LogP contribution in [0.15, 0.2) is 34.2 Å². The highest BCUT2D eigenvalue weighted by molar-refractivity contribution is 7.98. The molecule has 0 saturated carbocycles. The molecular weight excluding hydrogens is 352 g/mol. The second-order valence-corrected chi connectivity index (χ2v) is 8.04. The maximum absolute atomic E-state index is 13.0. The molecule has 0 atom stereocenters. The van der Waals surface area contributed by atoms with Gasteiger partial charge in [0, 0.05) is 16.1 Å². The highest BCUT2D eigenvalue weighted by Gasteiger charge is 2.21. The maximum Gasteiger partial charge on any atom is 0.211 e. The minimum absolute atomic E-state index is 0.133. The van der Waals surface area contributed by atoms with E-state index in [4.69, 9.17) is 4.74 Å². The first-order valence-corrected chi connectivity index (χ1v) is 10.5. The number of methoxy groups -OCH3 is 1. The average Bonchev–Trinajstić information content (AvgIpc) is 2.84. The lowest BCUT2D eigenvalue weighted by Gasteiger charge is -2.09. The van der Waals surface area contributed by atoms with E-state index in [0.717, 1.165) is 46.2 Å². The van der Waals surface area contributed by atoms with Crippen molar-refractivity contribution in [1.82, 2.24) is 9.55 Å². The first kappa shape index (κ1) is 16.7. The Hall–Kier alpha value is -1.79. The van der Waals surface area contributed by atoms with Crippen molar-refractivity contribution in [3.8, 4) is 11.4 Å². The van der Waals surface area contributed by atoms with Crippen LogP contribution in [0.25, 0.3) is 16.0 Å². The van der Waals surface area contributed by atoms with Crippen molar-refractivity contribution in [2.24, 2.45) is 0 Å². The lowest BCUT2D eigenvalue weighted by molar-refractivity contribution is 0.414. The van der Waals surface area contributed by atoms with Gasteiger partial charge in [0.1, 0.15) is 16.1 Å². The Kier molecular flexibility index (Phi) is 4.56. The SMILES string of the molecule is COc1ccc(-n2c(SC)nc3c(=O)c4c(sc32)CCCCC4)cc1. The van der Waals surface area contributed by atoms with Crippen LogP contribution in [0.5, 0.6) is 5.75 Å². The third-order valence-corrected chi connectivity index (χ3v) is 6.60. The summed E-state index contributed by atoms with van der Waals surface area (Å²) in [5.74, 6) is 0.820. The van der Waals surface area contributed by atoms with Crippen LogP contribution in [0.4, 0.5) is 0 Å². The van der Waals surface area contributed by atoms with Gasteiger partial charge in [-0.15, -0.1) is 11.3 Å². The molecular formula is C19H20N2O2S2. The van der Waals surface area contributed by atoms with Crippen LogP contribution in [0.2, 0.25) is 0 Å². The smallest absolute Gasteiger partial charge is 0.211 e. The molecule has 25 heavy (non-hydrogen) atoms. The van der Waals surface area contributed by atoms with Crippen molar-refractivity contribution in [3.63, 3.8) is 0 Å². The summed E-state index contributed by atoms with van der Waals surface area (Å²) in [5.41, 5.74) is 2.76. The van der Waals surface area contributed by atoms with E-state index >= 15 is 0 Å². The molecule has 0 unspecified atom stereocenters. The standard InChI is InChI=1S/C19H20N2O2S2/c1-23-13-10-8-12(9-11-13)21-18-16(20-19(21)24-2)17(22)14-6-4-3-5-7-15(14)25-18/h8-11H,3-7H2,1-2H3. The van der Waals surface area contributed by atoms with Crippen molar-refractivity contribution in [2.45, 2.75) is 37.3 Å². The summed E-state index contributed by atoms with van der Waals surface area (Å²) in [6.45, 7) is 0. The molecule has 4 nitrogen and oxygen atoms in total. The molecule has 0 fully saturated rings. The van der Waals surface area contributed by atoms with E-state index in [-0.39, 0.29) is 5.43 Å². The number of ether oxygens (including phenoxy) is 1. The van der Waals surface area contributed by atoms with Crippen LogP contribution >= 0.6 is 23.1 Å². The quantitative estimate of drug-likeness (QED) is 0.503. The molecule has 3 aromatic rings. The summed E-state index contributed by atoms with van der Waals surface area (Å²) in [5, 5.41) is 0.855. The van der Waals surface area contributed by atoms with Gasteiger partial charge >= 0.3 is 0 Å². The summed E-state index contributed by atoms with van der Waals surface area (Å²) in [4.78, 5) is 19.9. The fourth-order valence-electron chi connectivity index (χ4n) is 3.39. The van der Waals surface area contributed by atoms with Gasteiger partial charge in [-0.3, -0.25) is 9.36 Å². The third kappa shape index (κ3) is 2.87. The minimum atomic E-state index is 0.133. The van der Waals surface area contributed by atoms with Gasteiger partial charge in [0.25, 0.3) is 0 Å². The molecule has 0 aliphatic heterocycles.